The maximum Gasteiger partial charge on any atom is 0.422 e. The van der Waals surface area contributed by atoms with E-state index in [0.717, 1.165) is 24.5 Å². The number of aromatic nitrogens is 4. The summed E-state index contributed by atoms with van der Waals surface area (Å²) in [4.78, 5) is 12.0. The smallest absolute Gasteiger partial charge is 0.375 e. The summed E-state index contributed by atoms with van der Waals surface area (Å²) in [6.45, 7) is 1.47. The normalized spacial score (nSPS) is 21.8. The summed E-state index contributed by atoms with van der Waals surface area (Å²) < 4.78 is 69.2. The van der Waals surface area contributed by atoms with E-state index in [-0.39, 0.29) is 22.9 Å². The average molecular weight is 442 g/mol. The lowest BCUT2D eigenvalue weighted by Crippen LogP contribution is -2.46. The van der Waals surface area contributed by atoms with Gasteiger partial charge in [0.05, 0.1) is 35.5 Å². The second kappa shape index (κ2) is 7.68. The molecular formula is C19H19F5N6O. The van der Waals surface area contributed by atoms with Crippen molar-refractivity contribution < 1.29 is 27.1 Å². The second-order valence-electron chi connectivity index (χ2n) is 7.53. The highest BCUT2D eigenvalue weighted by Crippen LogP contribution is 2.37. The van der Waals surface area contributed by atoms with Gasteiger partial charge in [-0.1, -0.05) is 0 Å². The van der Waals surface area contributed by atoms with E-state index in [0.29, 0.717) is 26.4 Å². The molecule has 1 aliphatic rings. The van der Waals surface area contributed by atoms with Gasteiger partial charge in [0.25, 0.3) is 0 Å². The van der Waals surface area contributed by atoms with Crippen molar-refractivity contribution in [2.45, 2.75) is 37.3 Å². The minimum absolute atomic E-state index is 0.0676. The number of aliphatic hydroxyl groups is 1. The quantitative estimate of drug-likeness (QED) is 0.539. The van der Waals surface area contributed by atoms with Gasteiger partial charge >= 0.3 is 6.18 Å². The van der Waals surface area contributed by atoms with Crippen LogP contribution in [0.3, 0.4) is 0 Å². The van der Waals surface area contributed by atoms with E-state index in [4.69, 9.17) is 0 Å². The fraction of sp³-hybridized carbons (Fsp3) is 0.421. The molecule has 0 saturated carbocycles. The van der Waals surface area contributed by atoms with Crippen LogP contribution < -0.4 is 10.6 Å². The summed E-state index contributed by atoms with van der Waals surface area (Å²) in [7, 11) is 0. The van der Waals surface area contributed by atoms with Gasteiger partial charge in [-0.25, -0.2) is 18.7 Å². The van der Waals surface area contributed by atoms with Gasteiger partial charge in [0.2, 0.25) is 5.60 Å². The van der Waals surface area contributed by atoms with Crippen molar-refractivity contribution in [1.82, 2.24) is 24.7 Å². The van der Waals surface area contributed by atoms with E-state index in [9.17, 15) is 27.1 Å². The lowest BCUT2D eigenvalue weighted by atomic mass is 10.0. The molecule has 12 heteroatoms. The van der Waals surface area contributed by atoms with Crippen LogP contribution in [0, 0.1) is 5.82 Å². The standard InChI is InChI=1S/C19H19F5N6O/c1-18(31,19(22,23)24)15-9-30-14(7-27-17(30)8-26-15)12-4-10(20)5-16(28-12)29-13-6-25-3-2-11(13)21/h4-5,7-9,11,13,25,31H,2-3,6H2,1H3,(H,28,29)/t11-,13-,18?/m0/s1. The van der Waals surface area contributed by atoms with Crippen LogP contribution in [0.1, 0.15) is 19.0 Å². The molecule has 3 aromatic heterocycles. The van der Waals surface area contributed by atoms with Gasteiger partial charge in [0, 0.05) is 24.9 Å². The molecule has 0 aliphatic carbocycles. The molecular weight excluding hydrogens is 423 g/mol. The van der Waals surface area contributed by atoms with Crippen molar-refractivity contribution in [3.8, 4) is 11.4 Å². The number of rotatable bonds is 4. The summed E-state index contributed by atoms with van der Waals surface area (Å²) >= 11 is 0. The molecule has 0 radical (unpaired) electrons. The Morgan fingerprint density at radius 1 is 1.23 bits per heavy atom. The number of hydrogen-bond donors (Lipinski definition) is 3. The summed E-state index contributed by atoms with van der Waals surface area (Å²) in [5.74, 6) is -0.587. The van der Waals surface area contributed by atoms with E-state index >= 15 is 0 Å². The third kappa shape index (κ3) is 4.04. The Hall–Kier alpha value is -2.86. The zero-order valence-electron chi connectivity index (χ0n) is 16.3. The Kier molecular flexibility index (Phi) is 5.30. The predicted molar refractivity (Wildman–Crippen MR) is 102 cm³/mol. The first-order valence-corrected chi connectivity index (χ1v) is 9.48. The zero-order chi connectivity index (χ0) is 22.4. The minimum Gasteiger partial charge on any atom is -0.375 e. The van der Waals surface area contributed by atoms with Gasteiger partial charge in [-0.2, -0.15) is 13.2 Å². The Labute approximate surface area is 173 Å². The first-order chi connectivity index (χ1) is 14.6. The van der Waals surface area contributed by atoms with Gasteiger partial charge in [-0.3, -0.25) is 9.38 Å². The molecule has 0 amide bonds. The fourth-order valence-electron chi connectivity index (χ4n) is 3.34. The van der Waals surface area contributed by atoms with Gasteiger partial charge in [-0.15, -0.1) is 0 Å². The molecule has 1 unspecified atom stereocenters. The van der Waals surface area contributed by atoms with Crippen molar-refractivity contribution >= 4 is 11.5 Å². The Balaban J connectivity index is 1.73. The SMILES string of the molecule is CC(O)(c1cn2c(-c3cc(F)cc(N[C@H]4CNCC[C@@H]4F)n3)cnc2cn1)C(F)(F)F. The number of imidazole rings is 1. The molecule has 1 aliphatic heterocycles. The van der Waals surface area contributed by atoms with E-state index in [1.54, 1.807) is 0 Å². The molecule has 31 heavy (non-hydrogen) atoms. The van der Waals surface area contributed by atoms with Gasteiger partial charge in [0.15, 0.2) is 5.65 Å². The summed E-state index contributed by atoms with van der Waals surface area (Å²) in [5.41, 5.74) is -3.43. The van der Waals surface area contributed by atoms with Crippen LogP contribution in [0.4, 0.5) is 27.8 Å². The molecule has 4 heterocycles. The largest absolute Gasteiger partial charge is 0.422 e. The average Bonchev–Trinajstić information content (AvgIpc) is 3.12. The monoisotopic (exact) mass is 442 g/mol. The van der Waals surface area contributed by atoms with Crippen LogP contribution in [0.15, 0.2) is 30.7 Å². The first-order valence-electron chi connectivity index (χ1n) is 9.48. The first kappa shape index (κ1) is 21.4. The van der Waals surface area contributed by atoms with Crippen molar-refractivity contribution in [3.05, 3.63) is 42.2 Å². The highest BCUT2D eigenvalue weighted by Gasteiger charge is 2.52. The number of hydrogen-bond acceptors (Lipinski definition) is 6. The minimum atomic E-state index is -4.96. The Morgan fingerprint density at radius 2 is 2.00 bits per heavy atom. The fourth-order valence-corrected chi connectivity index (χ4v) is 3.34. The molecule has 7 nitrogen and oxygen atoms in total. The van der Waals surface area contributed by atoms with Gasteiger partial charge in [-0.05, 0) is 19.9 Å². The molecule has 3 N–H and O–H groups in total. The lowest BCUT2D eigenvalue weighted by molar-refractivity contribution is -0.260. The van der Waals surface area contributed by atoms with Crippen molar-refractivity contribution in [3.63, 3.8) is 0 Å². The number of anilines is 1. The van der Waals surface area contributed by atoms with Crippen molar-refractivity contribution in [1.29, 1.82) is 0 Å². The summed E-state index contributed by atoms with van der Waals surface area (Å²) in [6.07, 6.45) is -2.44. The van der Waals surface area contributed by atoms with Crippen LogP contribution >= 0.6 is 0 Å². The molecule has 166 valence electrons. The molecule has 0 bridgehead atoms. The number of nitrogens with one attached hydrogen (secondary N) is 2. The van der Waals surface area contributed by atoms with Crippen LogP contribution in [0.25, 0.3) is 17.0 Å². The Bertz CT molecular complexity index is 1100. The molecule has 3 aromatic rings. The molecule has 0 aromatic carbocycles. The van der Waals surface area contributed by atoms with Crippen LogP contribution in [-0.2, 0) is 5.60 Å². The number of nitrogens with zero attached hydrogens (tertiary/aromatic N) is 4. The number of fused-ring (bicyclic) bond motifs is 1. The maximum absolute atomic E-state index is 14.3. The second-order valence-corrected chi connectivity index (χ2v) is 7.53. The number of piperidine rings is 1. The number of pyridine rings is 1. The Morgan fingerprint density at radius 3 is 2.71 bits per heavy atom. The van der Waals surface area contributed by atoms with Crippen LogP contribution in [0.2, 0.25) is 0 Å². The molecule has 1 saturated heterocycles. The van der Waals surface area contributed by atoms with E-state index in [1.807, 2.05) is 0 Å². The molecule has 1 fully saturated rings. The number of halogens is 5. The van der Waals surface area contributed by atoms with E-state index in [1.165, 1.54) is 10.6 Å². The molecule has 4 rings (SSSR count). The molecule has 3 atom stereocenters. The summed E-state index contributed by atoms with van der Waals surface area (Å²) in [5, 5.41) is 15.8. The van der Waals surface area contributed by atoms with Crippen molar-refractivity contribution in [2.24, 2.45) is 0 Å². The third-order valence-corrected chi connectivity index (χ3v) is 5.23. The predicted octanol–water partition coefficient (Wildman–Crippen LogP) is 2.81. The lowest BCUT2D eigenvalue weighted by Gasteiger charge is -2.28. The summed E-state index contributed by atoms with van der Waals surface area (Å²) in [6, 6.07) is 1.59. The third-order valence-electron chi connectivity index (χ3n) is 5.23. The highest BCUT2D eigenvalue weighted by atomic mass is 19.4. The maximum atomic E-state index is 14.3. The van der Waals surface area contributed by atoms with E-state index < -0.39 is 35.5 Å². The van der Waals surface area contributed by atoms with Crippen molar-refractivity contribution in [2.75, 3.05) is 18.4 Å². The highest BCUT2D eigenvalue weighted by molar-refractivity contribution is 5.62. The van der Waals surface area contributed by atoms with Crippen LogP contribution in [0.5, 0.6) is 0 Å². The van der Waals surface area contributed by atoms with Gasteiger partial charge < -0.3 is 15.7 Å². The number of alkyl halides is 4. The van der Waals surface area contributed by atoms with E-state index in [2.05, 4.69) is 25.6 Å². The topological polar surface area (TPSA) is 87.4 Å². The van der Waals surface area contributed by atoms with Gasteiger partial charge in [0.1, 0.15) is 17.8 Å². The van der Waals surface area contributed by atoms with Crippen LogP contribution in [-0.4, -0.2) is 55.9 Å². The molecule has 0 spiro atoms. The zero-order valence-corrected chi connectivity index (χ0v) is 16.3.